The highest BCUT2D eigenvalue weighted by atomic mass is 19.3. The van der Waals surface area contributed by atoms with Gasteiger partial charge >= 0.3 is 0 Å². The number of hydrogen-bond acceptors (Lipinski definition) is 5. The SMILES string of the molecule is N#C[C@H](C[C@@H]1CCCNC1=O)NC(=O)[C@H]1[C@H]2CC[C@H](CC2(F)F)N1C(=O)C1(O)c2cc(F)ccc2-c2ccc(F)cc21. The van der Waals surface area contributed by atoms with Crippen LogP contribution in [-0.4, -0.2) is 58.3 Å². The Morgan fingerprint density at radius 1 is 1.10 bits per heavy atom. The predicted molar refractivity (Wildman–Crippen MR) is 139 cm³/mol. The number of piperidine rings is 3. The maximum atomic E-state index is 15.2. The fourth-order valence-corrected chi connectivity index (χ4v) is 7.21. The second kappa shape index (κ2) is 10.1. The van der Waals surface area contributed by atoms with Crippen LogP contribution in [0.1, 0.15) is 49.7 Å². The molecule has 0 spiro atoms. The van der Waals surface area contributed by atoms with Gasteiger partial charge in [-0.25, -0.2) is 17.6 Å². The van der Waals surface area contributed by atoms with Crippen molar-refractivity contribution in [1.29, 1.82) is 5.26 Å². The Labute approximate surface area is 238 Å². The number of alkyl halides is 2. The van der Waals surface area contributed by atoms with Gasteiger partial charge in [-0.1, -0.05) is 12.1 Å². The van der Waals surface area contributed by atoms with E-state index in [1.165, 1.54) is 12.1 Å². The summed E-state index contributed by atoms with van der Waals surface area (Å²) in [5.41, 5.74) is -2.48. The van der Waals surface area contributed by atoms with Crippen LogP contribution in [0.3, 0.4) is 0 Å². The summed E-state index contributed by atoms with van der Waals surface area (Å²) in [7, 11) is 0. The van der Waals surface area contributed by atoms with Gasteiger partial charge in [-0.2, -0.15) is 5.26 Å². The summed E-state index contributed by atoms with van der Waals surface area (Å²) < 4.78 is 59.4. The third-order valence-corrected chi connectivity index (χ3v) is 9.17. The molecule has 5 atom stereocenters. The van der Waals surface area contributed by atoms with Gasteiger partial charge in [-0.3, -0.25) is 14.4 Å². The van der Waals surface area contributed by atoms with E-state index < -0.39 is 71.4 Å². The first kappa shape index (κ1) is 28.2. The highest BCUT2D eigenvalue weighted by Crippen LogP contribution is 2.54. The first-order chi connectivity index (χ1) is 20.0. The van der Waals surface area contributed by atoms with Crippen molar-refractivity contribution < 1.29 is 37.1 Å². The number of hydrogen-bond donors (Lipinski definition) is 3. The summed E-state index contributed by atoms with van der Waals surface area (Å²) in [5.74, 6) is -9.48. The summed E-state index contributed by atoms with van der Waals surface area (Å²) in [6.07, 6.45) is 0.432. The Kier molecular flexibility index (Phi) is 6.76. The van der Waals surface area contributed by atoms with Crippen molar-refractivity contribution >= 4 is 17.7 Å². The van der Waals surface area contributed by atoms with E-state index in [0.29, 0.717) is 19.4 Å². The second-order valence-electron chi connectivity index (χ2n) is 11.6. The van der Waals surface area contributed by atoms with E-state index in [9.17, 15) is 33.5 Å². The summed E-state index contributed by atoms with van der Waals surface area (Å²) in [4.78, 5) is 41.3. The minimum Gasteiger partial charge on any atom is -0.372 e. The van der Waals surface area contributed by atoms with Crippen LogP contribution in [0.25, 0.3) is 11.1 Å². The minimum absolute atomic E-state index is 0.0392. The fraction of sp³-hybridized carbons (Fsp3) is 0.467. The van der Waals surface area contributed by atoms with Crippen LogP contribution >= 0.6 is 0 Å². The lowest BCUT2D eigenvalue weighted by Crippen LogP contribution is -2.70. The number of benzene rings is 2. The Balaban J connectivity index is 1.38. The summed E-state index contributed by atoms with van der Waals surface area (Å²) in [5, 5.41) is 27.0. The zero-order chi connectivity index (χ0) is 30.0. The molecule has 1 saturated carbocycles. The molecular formula is C30H28F4N4O4. The fourth-order valence-electron chi connectivity index (χ4n) is 7.21. The van der Waals surface area contributed by atoms with Gasteiger partial charge < -0.3 is 20.6 Å². The average Bonchev–Trinajstić information content (AvgIpc) is 3.20. The summed E-state index contributed by atoms with van der Waals surface area (Å²) >= 11 is 0. The third-order valence-electron chi connectivity index (χ3n) is 9.17. The van der Waals surface area contributed by atoms with Gasteiger partial charge in [-0.15, -0.1) is 0 Å². The molecule has 220 valence electrons. The molecule has 2 aromatic rings. The average molecular weight is 585 g/mol. The van der Waals surface area contributed by atoms with Crippen LogP contribution in [0.15, 0.2) is 36.4 Å². The molecule has 3 saturated heterocycles. The van der Waals surface area contributed by atoms with Crippen molar-refractivity contribution in [3.05, 3.63) is 59.2 Å². The molecule has 2 aliphatic carbocycles. The lowest BCUT2D eigenvalue weighted by Gasteiger charge is -2.54. The molecule has 3 heterocycles. The summed E-state index contributed by atoms with van der Waals surface area (Å²) in [6, 6.07) is 4.60. The molecule has 0 radical (unpaired) electrons. The van der Waals surface area contributed by atoms with Gasteiger partial charge in [0, 0.05) is 36.1 Å². The van der Waals surface area contributed by atoms with E-state index >= 15 is 8.78 Å². The van der Waals surface area contributed by atoms with Gasteiger partial charge in [0.25, 0.3) is 11.8 Å². The molecule has 12 heteroatoms. The van der Waals surface area contributed by atoms with E-state index in [2.05, 4.69) is 10.6 Å². The maximum Gasteiger partial charge on any atom is 0.264 e. The van der Waals surface area contributed by atoms with Crippen molar-refractivity contribution in [1.82, 2.24) is 15.5 Å². The molecule has 2 aromatic carbocycles. The number of nitrogens with one attached hydrogen (secondary N) is 2. The molecule has 4 fully saturated rings. The Morgan fingerprint density at radius 3 is 2.31 bits per heavy atom. The van der Waals surface area contributed by atoms with Crippen molar-refractivity contribution in [2.75, 3.05) is 6.54 Å². The number of nitrogens with zero attached hydrogens (tertiary/aromatic N) is 2. The summed E-state index contributed by atoms with van der Waals surface area (Å²) in [6.45, 7) is 0.499. The van der Waals surface area contributed by atoms with Crippen molar-refractivity contribution in [3.63, 3.8) is 0 Å². The monoisotopic (exact) mass is 584 g/mol. The molecule has 3 aliphatic heterocycles. The minimum atomic E-state index is -3.32. The topological polar surface area (TPSA) is 123 Å². The molecule has 3 N–H and O–H groups in total. The number of amides is 3. The maximum absolute atomic E-state index is 15.2. The lowest BCUT2D eigenvalue weighted by atomic mass is 9.70. The number of carbonyl (C=O) groups excluding carboxylic acids is 3. The zero-order valence-electron chi connectivity index (χ0n) is 22.4. The van der Waals surface area contributed by atoms with Crippen LogP contribution in [-0.2, 0) is 20.0 Å². The van der Waals surface area contributed by atoms with E-state index in [0.717, 1.165) is 29.2 Å². The van der Waals surface area contributed by atoms with Crippen LogP contribution in [0.5, 0.6) is 0 Å². The first-order valence-electron chi connectivity index (χ1n) is 14.0. The smallest absolute Gasteiger partial charge is 0.264 e. The molecule has 42 heavy (non-hydrogen) atoms. The zero-order valence-corrected chi connectivity index (χ0v) is 22.4. The van der Waals surface area contributed by atoms with Crippen molar-refractivity contribution in [2.24, 2.45) is 11.8 Å². The normalized spacial score (nSPS) is 27.3. The largest absolute Gasteiger partial charge is 0.372 e. The number of halogens is 4. The van der Waals surface area contributed by atoms with Gasteiger partial charge in [0.05, 0.1) is 12.0 Å². The van der Waals surface area contributed by atoms with Gasteiger partial charge in [0.2, 0.25) is 11.8 Å². The van der Waals surface area contributed by atoms with E-state index in [4.69, 9.17) is 0 Å². The number of aliphatic hydroxyl groups is 1. The Bertz CT molecular complexity index is 1470. The molecule has 3 amide bonds. The standard InChI is InChI=1S/C30H28F4N4O4/c31-16-3-6-20-21-7-4-17(32)12-24(21)30(42,23(20)11-16)28(41)38-19-5-8-22(29(33,34)13-19)25(38)27(40)37-18(14-35)10-15-2-1-9-36-26(15)39/h3-4,6-7,11-12,15,18-19,22,25,42H,1-2,5,8-10,13H2,(H,36,39)(H,37,40)/t15-,18-,19+,22+,25+/m0/s1. The number of rotatable bonds is 5. The van der Waals surface area contributed by atoms with Crippen LogP contribution < -0.4 is 10.6 Å². The van der Waals surface area contributed by atoms with Gasteiger partial charge in [0.1, 0.15) is 23.7 Å². The third kappa shape index (κ3) is 4.33. The van der Waals surface area contributed by atoms with Gasteiger partial charge in [0.15, 0.2) is 5.60 Å². The molecule has 7 rings (SSSR count). The molecular weight excluding hydrogens is 556 g/mol. The highest BCUT2D eigenvalue weighted by Gasteiger charge is 2.63. The Morgan fingerprint density at radius 2 is 1.74 bits per heavy atom. The number of carbonyl (C=O) groups is 3. The van der Waals surface area contributed by atoms with Crippen LogP contribution in [0, 0.1) is 34.8 Å². The van der Waals surface area contributed by atoms with Crippen molar-refractivity contribution in [3.8, 4) is 17.2 Å². The van der Waals surface area contributed by atoms with Gasteiger partial charge in [-0.05, 0) is 67.5 Å². The molecule has 5 aliphatic rings. The molecule has 2 bridgehead atoms. The van der Waals surface area contributed by atoms with E-state index in [1.807, 2.05) is 6.07 Å². The second-order valence-corrected chi connectivity index (χ2v) is 11.6. The molecule has 0 unspecified atom stereocenters. The van der Waals surface area contributed by atoms with Crippen molar-refractivity contribution in [2.45, 2.75) is 68.2 Å². The molecule has 8 nitrogen and oxygen atoms in total. The van der Waals surface area contributed by atoms with Crippen LogP contribution in [0.4, 0.5) is 17.6 Å². The van der Waals surface area contributed by atoms with E-state index in [1.54, 1.807) is 0 Å². The molecule has 0 aromatic heterocycles. The predicted octanol–water partition coefficient (Wildman–Crippen LogP) is 3.12. The number of nitriles is 1. The Hall–Kier alpha value is -3.98. The number of fused-ring (bicyclic) bond motifs is 6. The quantitative estimate of drug-likeness (QED) is 0.467. The van der Waals surface area contributed by atoms with E-state index in [-0.39, 0.29) is 47.4 Å². The first-order valence-corrected chi connectivity index (χ1v) is 14.0. The highest BCUT2D eigenvalue weighted by molar-refractivity contribution is 6.01. The van der Waals surface area contributed by atoms with Crippen LogP contribution in [0.2, 0.25) is 0 Å². The lowest BCUT2D eigenvalue weighted by molar-refractivity contribution is -0.201.